The van der Waals surface area contributed by atoms with E-state index < -0.39 is 11.0 Å². The van der Waals surface area contributed by atoms with Crippen LogP contribution >= 0.6 is 0 Å². The van der Waals surface area contributed by atoms with E-state index in [4.69, 9.17) is 4.74 Å². The van der Waals surface area contributed by atoms with E-state index in [0.717, 1.165) is 6.42 Å². The van der Waals surface area contributed by atoms with Crippen molar-refractivity contribution in [2.75, 3.05) is 18.6 Å². The molecule has 1 unspecified atom stereocenters. The molecule has 1 aromatic heterocycles. The average molecular weight is 254 g/mol. The van der Waals surface area contributed by atoms with Crippen molar-refractivity contribution in [2.24, 2.45) is 7.05 Å². The van der Waals surface area contributed by atoms with Crippen LogP contribution in [0.5, 0.6) is 0 Å². The number of esters is 1. The smallest absolute Gasteiger partial charge is 0.330 e. The molecule has 0 spiro atoms. The Morgan fingerprint density at radius 1 is 1.67 bits per heavy atom. The quantitative estimate of drug-likeness (QED) is 0.442. The third-order valence-electron chi connectivity index (χ3n) is 2.99. The lowest BCUT2D eigenvalue weighted by molar-refractivity contribution is -0.384. The largest absolute Gasteiger partial charge is 0.467 e. The number of ether oxygens (including phenoxy) is 1. The fourth-order valence-corrected chi connectivity index (χ4v) is 2.20. The number of hydrogen-bond acceptors (Lipinski definition) is 6. The Morgan fingerprint density at radius 3 is 3.00 bits per heavy atom. The summed E-state index contributed by atoms with van der Waals surface area (Å²) in [7, 11) is 2.92. The Morgan fingerprint density at radius 2 is 2.39 bits per heavy atom. The number of methoxy groups -OCH3 is 1. The monoisotopic (exact) mass is 254 g/mol. The normalized spacial score (nSPS) is 19.0. The van der Waals surface area contributed by atoms with Gasteiger partial charge in [-0.2, -0.15) is 0 Å². The summed E-state index contributed by atoms with van der Waals surface area (Å²) in [6.45, 7) is 0.567. The lowest BCUT2D eigenvalue weighted by Gasteiger charge is -2.21. The SMILES string of the molecule is COC(=O)C1CCCN1c1nn(C)cc1[N+](=O)[O-]. The fourth-order valence-electron chi connectivity index (χ4n) is 2.20. The van der Waals surface area contributed by atoms with Crippen molar-refractivity contribution in [3.8, 4) is 0 Å². The summed E-state index contributed by atoms with van der Waals surface area (Å²) in [6.07, 6.45) is 2.75. The van der Waals surface area contributed by atoms with Crippen LogP contribution in [0, 0.1) is 10.1 Å². The Balaban J connectivity index is 2.35. The highest BCUT2D eigenvalue weighted by atomic mass is 16.6. The number of aromatic nitrogens is 2. The molecule has 0 bridgehead atoms. The lowest BCUT2D eigenvalue weighted by Crippen LogP contribution is -2.37. The second kappa shape index (κ2) is 4.63. The molecule has 1 saturated heterocycles. The summed E-state index contributed by atoms with van der Waals surface area (Å²) >= 11 is 0. The second-order valence-corrected chi connectivity index (χ2v) is 4.14. The van der Waals surface area contributed by atoms with Crippen LogP contribution < -0.4 is 4.90 Å². The first-order chi connectivity index (χ1) is 8.54. The number of nitrogens with zero attached hydrogens (tertiary/aromatic N) is 4. The highest BCUT2D eigenvalue weighted by Gasteiger charge is 2.37. The zero-order valence-electron chi connectivity index (χ0n) is 10.2. The van der Waals surface area contributed by atoms with Crippen LogP contribution in [-0.4, -0.2) is 40.4 Å². The van der Waals surface area contributed by atoms with Crippen molar-refractivity contribution < 1.29 is 14.5 Å². The Bertz CT molecular complexity index is 484. The van der Waals surface area contributed by atoms with E-state index in [1.807, 2.05) is 0 Å². The Hall–Kier alpha value is -2.12. The molecule has 0 aromatic carbocycles. The van der Waals surface area contributed by atoms with Crippen LogP contribution in [0.25, 0.3) is 0 Å². The number of nitro groups is 1. The molecule has 0 aliphatic carbocycles. The van der Waals surface area contributed by atoms with E-state index in [9.17, 15) is 14.9 Å². The van der Waals surface area contributed by atoms with Crippen molar-refractivity contribution in [3.05, 3.63) is 16.3 Å². The molecule has 8 heteroatoms. The van der Waals surface area contributed by atoms with Gasteiger partial charge in [-0.3, -0.25) is 14.8 Å². The van der Waals surface area contributed by atoms with E-state index in [2.05, 4.69) is 5.10 Å². The molecule has 1 aromatic rings. The minimum Gasteiger partial charge on any atom is -0.467 e. The zero-order chi connectivity index (χ0) is 13.3. The highest BCUT2D eigenvalue weighted by molar-refractivity contribution is 5.81. The Labute approximate surface area is 103 Å². The maximum Gasteiger partial charge on any atom is 0.330 e. The first-order valence-corrected chi connectivity index (χ1v) is 5.57. The first kappa shape index (κ1) is 12.3. The number of carbonyl (C=O) groups is 1. The second-order valence-electron chi connectivity index (χ2n) is 4.14. The van der Waals surface area contributed by atoms with Gasteiger partial charge >= 0.3 is 11.7 Å². The van der Waals surface area contributed by atoms with Gasteiger partial charge in [-0.15, -0.1) is 5.10 Å². The van der Waals surface area contributed by atoms with Crippen molar-refractivity contribution in [1.29, 1.82) is 0 Å². The van der Waals surface area contributed by atoms with Crippen LogP contribution in [0.3, 0.4) is 0 Å². The third kappa shape index (κ3) is 2.01. The highest BCUT2D eigenvalue weighted by Crippen LogP contribution is 2.32. The van der Waals surface area contributed by atoms with Gasteiger partial charge in [-0.1, -0.05) is 0 Å². The van der Waals surface area contributed by atoms with Crippen molar-refractivity contribution in [2.45, 2.75) is 18.9 Å². The lowest BCUT2D eigenvalue weighted by atomic mass is 10.2. The summed E-state index contributed by atoms with van der Waals surface area (Å²) in [4.78, 5) is 23.7. The molecule has 2 rings (SSSR count). The molecule has 18 heavy (non-hydrogen) atoms. The van der Waals surface area contributed by atoms with E-state index in [1.165, 1.54) is 18.0 Å². The molecule has 1 aliphatic rings. The van der Waals surface area contributed by atoms with Gasteiger partial charge in [0.1, 0.15) is 12.2 Å². The van der Waals surface area contributed by atoms with Crippen molar-refractivity contribution >= 4 is 17.5 Å². The van der Waals surface area contributed by atoms with Crippen LogP contribution in [0.1, 0.15) is 12.8 Å². The minimum atomic E-state index is -0.491. The number of aryl methyl sites for hydroxylation is 1. The molecule has 0 amide bonds. The first-order valence-electron chi connectivity index (χ1n) is 5.57. The van der Waals surface area contributed by atoms with E-state index >= 15 is 0 Å². The van der Waals surface area contributed by atoms with Crippen molar-refractivity contribution in [1.82, 2.24) is 9.78 Å². The number of hydrogen-bond donors (Lipinski definition) is 0. The molecule has 1 aliphatic heterocycles. The molecular formula is C10H14N4O4. The van der Waals surface area contributed by atoms with Crippen LogP contribution in [0.15, 0.2) is 6.20 Å². The van der Waals surface area contributed by atoms with E-state index in [1.54, 1.807) is 11.9 Å². The van der Waals surface area contributed by atoms with Gasteiger partial charge in [0.05, 0.1) is 12.0 Å². The van der Waals surface area contributed by atoms with Crippen LogP contribution in [0.2, 0.25) is 0 Å². The molecule has 0 saturated carbocycles. The Kier molecular flexibility index (Phi) is 3.17. The van der Waals surface area contributed by atoms with Gasteiger partial charge in [0, 0.05) is 13.6 Å². The summed E-state index contributed by atoms with van der Waals surface area (Å²) in [5.74, 6) is -0.150. The number of anilines is 1. The molecule has 8 nitrogen and oxygen atoms in total. The number of carbonyl (C=O) groups excluding carboxylic acids is 1. The molecule has 1 fully saturated rings. The van der Waals surface area contributed by atoms with E-state index in [0.29, 0.717) is 13.0 Å². The third-order valence-corrected chi connectivity index (χ3v) is 2.99. The number of rotatable bonds is 3. The van der Waals surface area contributed by atoms with Crippen LogP contribution in [-0.2, 0) is 16.6 Å². The van der Waals surface area contributed by atoms with E-state index in [-0.39, 0.29) is 17.5 Å². The molecule has 98 valence electrons. The predicted octanol–water partition coefficient (Wildman–Crippen LogP) is 0.470. The van der Waals surface area contributed by atoms with Gasteiger partial charge in [-0.05, 0) is 12.8 Å². The fraction of sp³-hybridized carbons (Fsp3) is 0.600. The minimum absolute atomic E-state index is 0.0895. The molecule has 0 radical (unpaired) electrons. The summed E-state index contributed by atoms with van der Waals surface area (Å²) in [5.41, 5.74) is -0.0895. The molecule has 1 atom stereocenters. The van der Waals surface area contributed by atoms with Crippen molar-refractivity contribution in [3.63, 3.8) is 0 Å². The van der Waals surface area contributed by atoms with Gasteiger partial charge < -0.3 is 9.64 Å². The zero-order valence-corrected chi connectivity index (χ0v) is 10.2. The average Bonchev–Trinajstić information content (AvgIpc) is 2.93. The predicted molar refractivity (Wildman–Crippen MR) is 62.2 cm³/mol. The summed E-state index contributed by atoms with van der Waals surface area (Å²) in [6, 6.07) is -0.483. The van der Waals surface area contributed by atoms with Gasteiger partial charge in [-0.25, -0.2) is 4.79 Å². The topological polar surface area (TPSA) is 90.5 Å². The molecule has 2 heterocycles. The standard InChI is InChI=1S/C10H14N4O4/c1-12-6-8(14(16)17)9(11-12)13-5-3-4-7(13)10(15)18-2/h6-7H,3-5H2,1-2H3. The summed E-state index contributed by atoms with van der Waals surface area (Å²) < 4.78 is 6.08. The van der Waals surface area contributed by atoms with Gasteiger partial charge in [0.15, 0.2) is 0 Å². The summed E-state index contributed by atoms with van der Waals surface area (Å²) in [5, 5.41) is 15.0. The molecular weight excluding hydrogens is 240 g/mol. The van der Waals surface area contributed by atoms with Gasteiger partial charge in [0.2, 0.25) is 5.82 Å². The molecule has 0 N–H and O–H groups in total. The maximum atomic E-state index is 11.6. The van der Waals surface area contributed by atoms with Crippen LogP contribution in [0.4, 0.5) is 11.5 Å². The van der Waals surface area contributed by atoms with Gasteiger partial charge in [0.25, 0.3) is 0 Å². The maximum absolute atomic E-state index is 11.6.